The largest absolute Gasteiger partial charge is 0.490 e. The Hall–Kier alpha value is -1.14. The average Bonchev–Trinajstić information content (AvgIpc) is 3.17. The van der Waals surface area contributed by atoms with Crippen LogP contribution >= 0.6 is 0 Å². The predicted octanol–water partition coefficient (Wildman–Crippen LogP) is 1.89. The Morgan fingerprint density at radius 1 is 1.40 bits per heavy atom. The molecule has 0 spiro atoms. The topological polar surface area (TPSA) is 55.4 Å². The van der Waals surface area contributed by atoms with Crippen molar-refractivity contribution >= 4 is 9.84 Å². The number of hydrogen-bond donors (Lipinski definition) is 1. The van der Waals surface area contributed by atoms with E-state index in [4.69, 9.17) is 4.74 Å². The van der Waals surface area contributed by atoms with Gasteiger partial charge in [0.25, 0.3) is 0 Å². The molecule has 6 heteroatoms. The first-order valence-corrected chi connectivity index (χ1v) is 8.83. The summed E-state index contributed by atoms with van der Waals surface area (Å²) in [6, 6.07) is 5.37. The predicted molar refractivity (Wildman–Crippen MR) is 76.1 cm³/mol. The molecular weight excluding hydrogens is 281 g/mol. The van der Waals surface area contributed by atoms with Gasteiger partial charge in [0.15, 0.2) is 11.6 Å². The second-order valence-electron chi connectivity index (χ2n) is 5.22. The summed E-state index contributed by atoms with van der Waals surface area (Å²) >= 11 is 0. The zero-order valence-electron chi connectivity index (χ0n) is 11.6. The highest BCUT2D eigenvalue weighted by molar-refractivity contribution is 7.90. The molecule has 0 heterocycles. The molecular formula is C14H20FNO3S. The summed E-state index contributed by atoms with van der Waals surface area (Å²) in [4.78, 5) is 0. The normalized spacial score (nSPS) is 15.3. The van der Waals surface area contributed by atoms with Gasteiger partial charge in [-0.25, -0.2) is 12.8 Å². The minimum Gasteiger partial charge on any atom is -0.490 e. The van der Waals surface area contributed by atoms with Crippen molar-refractivity contribution in [2.45, 2.75) is 31.8 Å². The summed E-state index contributed by atoms with van der Waals surface area (Å²) in [6.45, 7) is 0.772. The molecule has 1 aromatic rings. The van der Waals surface area contributed by atoms with Crippen molar-refractivity contribution < 1.29 is 17.5 Å². The fraction of sp³-hybridized carbons (Fsp3) is 0.571. The van der Waals surface area contributed by atoms with Gasteiger partial charge in [-0.05, 0) is 25.3 Å². The summed E-state index contributed by atoms with van der Waals surface area (Å²) in [6.07, 6.45) is 3.88. The van der Waals surface area contributed by atoms with Crippen molar-refractivity contribution in [2.75, 3.05) is 18.6 Å². The first kappa shape index (κ1) is 15.3. The van der Waals surface area contributed by atoms with Gasteiger partial charge in [0.05, 0.1) is 12.4 Å². The van der Waals surface area contributed by atoms with Crippen molar-refractivity contribution in [3.05, 3.63) is 29.6 Å². The van der Waals surface area contributed by atoms with Gasteiger partial charge >= 0.3 is 0 Å². The van der Waals surface area contributed by atoms with E-state index >= 15 is 0 Å². The number of rotatable bonds is 8. The highest BCUT2D eigenvalue weighted by Crippen LogP contribution is 2.25. The highest BCUT2D eigenvalue weighted by atomic mass is 32.2. The van der Waals surface area contributed by atoms with E-state index in [1.54, 1.807) is 6.07 Å². The van der Waals surface area contributed by atoms with E-state index in [-0.39, 0.29) is 18.1 Å². The zero-order chi connectivity index (χ0) is 14.6. The van der Waals surface area contributed by atoms with Crippen LogP contribution in [0.1, 0.15) is 24.8 Å². The Morgan fingerprint density at radius 3 is 2.80 bits per heavy atom. The van der Waals surface area contributed by atoms with Crippen LogP contribution in [0.3, 0.4) is 0 Å². The van der Waals surface area contributed by atoms with E-state index < -0.39 is 15.7 Å². The van der Waals surface area contributed by atoms with E-state index in [0.717, 1.165) is 5.56 Å². The fourth-order valence-electron chi connectivity index (χ4n) is 1.89. The number of benzene rings is 1. The molecule has 0 unspecified atom stereocenters. The van der Waals surface area contributed by atoms with Crippen LogP contribution in [0.5, 0.6) is 5.75 Å². The Morgan fingerprint density at radius 2 is 2.15 bits per heavy atom. The molecule has 1 aliphatic carbocycles. The number of nitrogens with one attached hydrogen (secondary N) is 1. The molecule has 20 heavy (non-hydrogen) atoms. The Labute approximate surface area is 119 Å². The van der Waals surface area contributed by atoms with Crippen LogP contribution in [-0.2, 0) is 16.4 Å². The van der Waals surface area contributed by atoms with Gasteiger partial charge in [-0.15, -0.1) is 0 Å². The summed E-state index contributed by atoms with van der Waals surface area (Å²) < 4.78 is 41.3. The number of sulfone groups is 1. The van der Waals surface area contributed by atoms with Gasteiger partial charge in [0, 0.05) is 24.4 Å². The van der Waals surface area contributed by atoms with Gasteiger partial charge in [-0.2, -0.15) is 0 Å². The van der Waals surface area contributed by atoms with Crippen molar-refractivity contribution in [2.24, 2.45) is 0 Å². The Balaban J connectivity index is 1.90. The maximum absolute atomic E-state index is 13.8. The molecule has 0 amide bonds. The molecule has 2 rings (SSSR count). The zero-order valence-corrected chi connectivity index (χ0v) is 12.4. The Kier molecular flexibility index (Phi) is 4.99. The summed E-state index contributed by atoms with van der Waals surface area (Å²) in [5.74, 6) is -0.120. The molecule has 1 aromatic carbocycles. The molecule has 1 fully saturated rings. The summed E-state index contributed by atoms with van der Waals surface area (Å²) in [5, 5.41) is 3.31. The molecule has 1 N–H and O–H groups in total. The average molecular weight is 301 g/mol. The number of halogens is 1. The van der Waals surface area contributed by atoms with Crippen LogP contribution in [0.25, 0.3) is 0 Å². The van der Waals surface area contributed by atoms with Gasteiger partial charge in [0.1, 0.15) is 9.84 Å². The monoisotopic (exact) mass is 301 g/mol. The second-order valence-corrected chi connectivity index (χ2v) is 7.47. The van der Waals surface area contributed by atoms with E-state index in [2.05, 4.69) is 5.32 Å². The lowest BCUT2D eigenvalue weighted by Crippen LogP contribution is -2.17. The lowest BCUT2D eigenvalue weighted by Gasteiger charge is -2.12. The molecule has 4 nitrogen and oxygen atoms in total. The maximum Gasteiger partial charge on any atom is 0.165 e. The highest BCUT2D eigenvalue weighted by Gasteiger charge is 2.21. The maximum atomic E-state index is 13.8. The second kappa shape index (κ2) is 6.54. The van der Waals surface area contributed by atoms with E-state index in [1.807, 2.05) is 6.07 Å². The SMILES string of the molecule is CS(=O)(=O)CCCOc1c(F)cccc1CNC1CC1. The third-order valence-corrected chi connectivity index (χ3v) is 4.14. The minimum atomic E-state index is -3.00. The van der Waals surface area contributed by atoms with Crippen LogP contribution in [0, 0.1) is 5.82 Å². The van der Waals surface area contributed by atoms with Gasteiger partial charge in [-0.1, -0.05) is 12.1 Å². The molecule has 0 aromatic heterocycles. The van der Waals surface area contributed by atoms with E-state index in [0.29, 0.717) is 19.0 Å². The molecule has 1 aliphatic rings. The molecule has 0 aliphatic heterocycles. The number of ether oxygens (including phenoxy) is 1. The standard InChI is InChI=1S/C14H20FNO3S/c1-20(17,18)9-3-8-19-14-11(4-2-5-13(14)15)10-16-12-6-7-12/h2,4-5,12,16H,3,6-10H2,1H3. The lowest BCUT2D eigenvalue weighted by molar-refractivity contribution is 0.297. The van der Waals surface area contributed by atoms with Crippen molar-refractivity contribution in [3.8, 4) is 5.75 Å². The number of hydrogen-bond acceptors (Lipinski definition) is 4. The van der Waals surface area contributed by atoms with Crippen molar-refractivity contribution in [1.82, 2.24) is 5.32 Å². The molecule has 0 bridgehead atoms. The third kappa shape index (κ3) is 5.09. The van der Waals surface area contributed by atoms with Crippen LogP contribution in [0.2, 0.25) is 0 Å². The third-order valence-electron chi connectivity index (χ3n) is 3.11. The smallest absolute Gasteiger partial charge is 0.165 e. The summed E-state index contributed by atoms with van der Waals surface area (Å²) in [5.41, 5.74) is 0.774. The van der Waals surface area contributed by atoms with Crippen molar-refractivity contribution in [3.63, 3.8) is 0 Å². The van der Waals surface area contributed by atoms with Crippen LogP contribution in [-0.4, -0.2) is 33.1 Å². The molecule has 0 radical (unpaired) electrons. The molecule has 112 valence electrons. The van der Waals surface area contributed by atoms with E-state index in [9.17, 15) is 12.8 Å². The van der Waals surface area contributed by atoms with E-state index in [1.165, 1.54) is 25.2 Å². The van der Waals surface area contributed by atoms with Crippen molar-refractivity contribution in [1.29, 1.82) is 0 Å². The molecule has 0 atom stereocenters. The Bertz CT molecular complexity index is 556. The van der Waals surface area contributed by atoms with Crippen LogP contribution in [0.15, 0.2) is 18.2 Å². The first-order chi connectivity index (χ1) is 9.46. The van der Waals surface area contributed by atoms with Gasteiger partial charge in [0.2, 0.25) is 0 Å². The van der Waals surface area contributed by atoms with Crippen LogP contribution in [0.4, 0.5) is 4.39 Å². The van der Waals surface area contributed by atoms with Gasteiger partial charge < -0.3 is 10.1 Å². The number of para-hydroxylation sites is 1. The quantitative estimate of drug-likeness (QED) is 0.745. The molecule has 1 saturated carbocycles. The van der Waals surface area contributed by atoms with Gasteiger partial charge in [-0.3, -0.25) is 0 Å². The molecule has 0 saturated heterocycles. The minimum absolute atomic E-state index is 0.0527. The fourth-order valence-corrected chi connectivity index (χ4v) is 2.53. The van der Waals surface area contributed by atoms with Crippen LogP contribution < -0.4 is 10.1 Å². The lowest BCUT2D eigenvalue weighted by atomic mass is 10.2. The first-order valence-electron chi connectivity index (χ1n) is 6.77. The summed E-state index contributed by atoms with van der Waals surface area (Å²) in [7, 11) is -3.00.